The molecule has 1 aliphatic heterocycles. The summed E-state index contributed by atoms with van der Waals surface area (Å²) in [5, 5.41) is 54.0. The summed E-state index contributed by atoms with van der Waals surface area (Å²) >= 11 is 0. The average molecular weight is 750 g/mol. The second-order valence-corrected chi connectivity index (χ2v) is 14.8. The van der Waals surface area contributed by atoms with E-state index in [0.717, 1.165) is 70.6 Å². The molecule has 0 radical (unpaired) electrons. The first-order valence-electron chi connectivity index (χ1n) is 21.4. The normalized spacial score (nSPS) is 22.1. The van der Waals surface area contributed by atoms with Gasteiger partial charge in [-0.15, -0.1) is 0 Å². The molecule has 0 bridgehead atoms. The van der Waals surface area contributed by atoms with Gasteiger partial charge in [0, 0.05) is 6.42 Å². The van der Waals surface area contributed by atoms with Crippen LogP contribution in [0.25, 0.3) is 0 Å². The number of aliphatic hydroxyl groups excluding tert-OH is 5. The van der Waals surface area contributed by atoms with Gasteiger partial charge in [-0.2, -0.15) is 0 Å². The Labute approximate surface area is 323 Å². The van der Waals surface area contributed by atoms with Crippen molar-refractivity contribution in [3.05, 3.63) is 48.6 Å². The Morgan fingerprint density at radius 3 is 1.77 bits per heavy atom. The van der Waals surface area contributed by atoms with E-state index in [2.05, 4.69) is 55.6 Å². The maximum absolute atomic E-state index is 12.9. The molecular weight excluding hydrogens is 670 g/mol. The molecule has 1 fully saturated rings. The fraction of sp³-hybridized carbons (Fsp3) is 0.795. The average Bonchev–Trinajstić information content (AvgIpc) is 3.16. The van der Waals surface area contributed by atoms with Crippen LogP contribution in [0.15, 0.2) is 48.6 Å². The topological polar surface area (TPSA) is 149 Å². The van der Waals surface area contributed by atoms with Gasteiger partial charge in [0.15, 0.2) is 6.29 Å². The molecule has 0 aliphatic carbocycles. The molecule has 1 amide bonds. The van der Waals surface area contributed by atoms with E-state index in [1.165, 1.54) is 77.0 Å². The third-order valence-corrected chi connectivity index (χ3v) is 9.86. The van der Waals surface area contributed by atoms with Crippen LogP contribution >= 0.6 is 0 Å². The van der Waals surface area contributed by atoms with Crippen molar-refractivity contribution in [1.82, 2.24) is 5.32 Å². The molecular formula is C44H79NO8. The van der Waals surface area contributed by atoms with Gasteiger partial charge in [-0.05, 0) is 57.8 Å². The Kier molecular flexibility index (Phi) is 32.1. The molecule has 9 heteroatoms. The number of hydrogen-bond donors (Lipinski definition) is 6. The van der Waals surface area contributed by atoms with E-state index in [-0.39, 0.29) is 12.5 Å². The summed E-state index contributed by atoms with van der Waals surface area (Å²) in [4.78, 5) is 12.9. The van der Waals surface area contributed by atoms with Gasteiger partial charge >= 0.3 is 0 Å². The highest BCUT2D eigenvalue weighted by molar-refractivity contribution is 5.76. The SMILES string of the molecule is CCC/C=C\C/C=C\CCCCCCCC(=O)NC(COC1OC(CO)C(O)C(O)C1O)C(O)/C=C/CC/C=C/CCCCCCCCCCCCC. The zero-order valence-electron chi connectivity index (χ0n) is 33.5. The van der Waals surface area contributed by atoms with Crippen LogP contribution in [0.4, 0.5) is 0 Å². The van der Waals surface area contributed by atoms with Gasteiger partial charge in [0.2, 0.25) is 5.91 Å². The number of amides is 1. The molecule has 1 saturated heterocycles. The molecule has 7 unspecified atom stereocenters. The van der Waals surface area contributed by atoms with Crippen LogP contribution in [0.3, 0.4) is 0 Å². The highest BCUT2D eigenvalue weighted by atomic mass is 16.7. The number of allylic oxidation sites excluding steroid dienone is 7. The van der Waals surface area contributed by atoms with Gasteiger partial charge in [-0.3, -0.25) is 4.79 Å². The summed E-state index contributed by atoms with van der Waals surface area (Å²) in [6, 6.07) is -0.827. The predicted octanol–water partition coefficient (Wildman–Crippen LogP) is 8.28. The van der Waals surface area contributed by atoms with E-state index in [0.29, 0.717) is 6.42 Å². The van der Waals surface area contributed by atoms with Crippen LogP contribution in [0.2, 0.25) is 0 Å². The third-order valence-electron chi connectivity index (χ3n) is 9.86. The lowest BCUT2D eigenvalue weighted by molar-refractivity contribution is -0.302. The fourth-order valence-electron chi connectivity index (χ4n) is 6.38. The van der Waals surface area contributed by atoms with Gasteiger partial charge < -0.3 is 40.3 Å². The Bertz CT molecular complexity index is 967. The van der Waals surface area contributed by atoms with Crippen molar-refractivity contribution in [2.24, 2.45) is 0 Å². The zero-order valence-corrected chi connectivity index (χ0v) is 33.5. The Morgan fingerprint density at radius 1 is 0.642 bits per heavy atom. The van der Waals surface area contributed by atoms with E-state index in [9.17, 15) is 30.3 Å². The molecule has 1 rings (SSSR count). The van der Waals surface area contributed by atoms with E-state index in [1.807, 2.05) is 6.08 Å². The predicted molar refractivity (Wildman–Crippen MR) is 216 cm³/mol. The lowest BCUT2D eigenvalue weighted by Crippen LogP contribution is -2.60. The van der Waals surface area contributed by atoms with Gasteiger partial charge in [-0.25, -0.2) is 0 Å². The van der Waals surface area contributed by atoms with Crippen molar-refractivity contribution in [2.45, 2.75) is 211 Å². The van der Waals surface area contributed by atoms with Crippen LogP contribution in [-0.2, 0) is 14.3 Å². The number of carbonyl (C=O) groups is 1. The molecule has 6 N–H and O–H groups in total. The van der Waals surface area contributed by atoms with Crippen molar-refractivity contribution >= 4 is 5.91 Å². The van der Waals surface area contributed by atoms with Gasteiger partial charge in [0.25, 0.3) is 0 Å². The van der Waals surface area contributed by atoms with Gasteiger partial charge in [0.05, 0.1) is 25.4 Å². The summed E-state index contributed by atoms with van der Waals surface area (Å²) in [5.74, 6) is -0.204. The van der Waals surface area contributed by atoms with E-state index in [4.69, 9.17) is 9.47 Å². The molecule has 7 atom stereocenters. The number of unbranched alkanes of at least 4 members (excludes halogenated alkanes) is 18. The molecule has 1 aliphatic rings. The number of nitrogens with one attached hydrogen (secondary N) is 1. The molecule has 0 spiro atoms. The van der Waals surface area contributed by atoms with E-state index >= 15 is 0 Å². The summed E-state index contributed by atoms with van der Waals surface area (Å²) in [6.07, 6.45) is 35.8. The largest absolute Gasteiger partial charge is 0.394 e. The van der Waals surface area contributed by atoms with Crippen molar-refractivity contribution in [1.29, 1.82) is 0 Å². The Hall–Kier alpha value is -1.85. The first kappa shape index (κ1) is 49.2. The first-order chi connectivity index (χ1) is 25.8. The van der Waals surface area contributed by atoms with E-state index < -0.39 is 49.5 Å². The lowest BCUT2D eigenvalue weighted by Gasteiger charge is -2.40. The van der Waals surface area contributed by atoms with Crippen LogP contribution in [0.5, 0.6) is 0 Å². The first-order valence-corrected chi connectivity index (χ1v) is 21.4. The van der Waals surface area contributed by atoms with Gasteiger partial charge in [-0.1, -0.05) is 152 Å². The van der Waals surface area contributed by atoms with Gasteiger partial charge in [0.1, 0.15) is 24.4 Å². The molecule has 1 heterocycles. The molecule has 9 nitrogen and oxygen atoms in total. The molecule has 0 aromatic rings. The maximum atomic E-state index is 12.9. The highest BCUT2D eigenvalue weighted by Crippen LogP contribution is 2.22. The Balaban J connectivity index is 2.44. The number of ether oxygens (including phenoxy) is 2. The van der Waals surface area contributed by atoms with Crippen molar-refractivity contribution in [3.8, 4) is 0 Å². The van der Waals surface area contributed by atoms with Crippen molar-refractivity contribution < 1.29 is 39.8 Å². The third kappa shape index (κ3) is 25.8. The standard InChI is InChI=1S/C44H79NO8/c1-3-5-7-9-11-13-15-17-18-19-20-22-23-25-27-29-31-33-38(47)37(36-52-44-43(51)42(50)41(49)39(35-46)53-44)45-40(48)34-32-30-28-26-24-21-16-14-12-10-8-6-4-2/h8,10,14,16,23,25,31,33,37-39,41-44,46-47,49-51H,3-7,9,11-13,15,17-22,24,26-30,32,34-36H2,1-2H3,(H,45,48)/b10-8-,16-14-,25-23+,33-31+. The maximum Gasteiger partial charge on any atom is 0.220 e. The van der Waals surface area contributed by atoms with Crippen molar-refractivity contribution in [2.75, 3.05) is 13.2 Å². The minimum atomic E-state index is -1.57. The smallest absolute Gasteiger partial charge is 0.220 e. The second-order valence-electron chi connectivity index (χ2n) is 14.8. The molecule has 0 saturated carbocycles. The summed E-state index contributed by atoms with van der Waals surface area (Å²) in [5.41, 5.74) is 0. The zero-order chi connectivity index (χ0) is 38.8. The van der Waals surface area contributed by atoms with Crippen LogP contribution < -0.4 is 5.32 Å². The summed E-state index contributed by atoms with van der Waals surface area (Å²) < 4.78 is 11.2. The van der Waals surface area contributed by atoms with Crippen LogP contribution in [-0.4, -0.2) is 87.5 Å². The second kappa shape index (κ2) is 34.6. The molecule has 308 valence electrons. The van der Waals surface area contributed by atoms with E-state index in [1.54, 1.807) is 6.08 Å². The number of aliphatic hydroxyl groups is 5. The lowest BCUT2D eigenvalue weighted by atomic mass is 9.99. The quantitative estimate of drug-likeness (QED) is 0.0285. The fourth-order valence-corrected chi connectivity index (χ4v) is 6.38. The minimum absolute atomic E-state index is 0.204. The summed E-state index contributed by atoms with van der Waals surface area (Å²) in [7, 11) is 0. The molecule has 0 aromatic carbocycles. The minimum Gasteiger partial charge on any atom is -0.394 e. The monoisotopic (exact) mass is 750 g/mol. The number of carbonyl (C=O) groups excluding carboxylic acids is 1. The highest BCUT2D eigenvalue weighted by Gasteiger charge is 2.44. The van der Waals surface area contributed by atoms with Crippen molar-refractivity contribution in [3.63, 3.8) is 0 Å². The van der Waals surface area contributed by atoms with Crippen LogP contribution in [0, 0.1) is 0 Å². The molecule has 53 heavy (non-hydrogen) atoms. The molecule has 0 aromatic heterocycles. The van der Waals surface area contributed by atoms with Crippen LogP contribution in [0.1, 0.15) is 168 Å². The Morgan fingerprint density at radius 2 is 1.17 bits per heavy atom. The number of rotatable bonds is 34. The number of hydrogen-bond acceptors (Lipinski definition) is 8. The summed E-state index contributed by atoms with van der Waals surface area (Å²) in [6.45, 7) is 3.66.